The molecule has 0 spiro atoms. The first kappa shape index (κ1) is 9.76. The van der Waals surface area contributed by atoms with E-state index < -0.39 is 0 Å². The molecule has 1 aromatic carbocycles. The van der Waals surface area contributed by atoms with Crippen LogP contribution in [-0.4, -0.2) is 6.61 Å². The van der Waals surface area contributed by atoms with E-state index in [0.717, 1.165) is 6.61 Å². The first-order valence-electron chi connectivity index (χ1n) is 3.64. The molecule has 0 aliphatic carbocycles. The average Bonchev–Trinajstić information content (AvgIpc) is 2.10. The van der Waals surface area contributed by atoms with Gasteiger partial charge < -0.3 is 4.74 Å². The lowest BCUT2D eigenvalue weighted by Crippen LogP contribution is -1.72. The highest BCUT2D eigenvalue weighted by Crippen LogP contribution is 1.79. The van der Waals surface area contributed by atoms with Crippen LogP contribution < -0.4 is 0 Å². The fourth-order valence-corrected chi connectivity index (χ4v) is 0.503. The number of hydrogen-bond donors (Lipinski definition) is 0. The third-order valence-electron chi connectivity index (χ3n) is 0.951. The molecule has 60 valence electrons. The summed E-state index contributed by atoms with van der Waals surface area (Å²) >= 11 is 0. The quantitative estimate of drug-likeness (QED) is 0.589. The van der Waals surface area contributed by atoms with Gasteiger partial charge >= 0.3 is 0 Å². The minimum absolute atomic E-state index is 0.726. The van der Waals surface area contributed by atoms with Crippen molar-refractivity contribution in [2.75, 3.05) is 6.61 Å². The molecule has 0 amide bonds. The van der Waals surface area contributed by atoms with E-state index >= 15 is 0 Å². The van der Waals surface area contributed by atoms with Crippen LogP contribution in [0.3, 0.4) is 0 Å². The van der Waals surface area contributed by atoms with Crippen molar-refractivity contribution < 1.29 is 4.74 Å². The SMILES string of the molecule is C=COCC.c1ccccc1. The van der Waals surface area contributed by atoms with Crippen LogP contribution in [-0.2, 0) is 4.74 Å². The molecule has 0 N–H and O–H groups in total. The molecular weight excluding hydrogens is 136 g/mol. The second-order valence-corrected chi connectivity index (χ2v) is 1.78. The Balaban J connectivity index is 0.000000187. The molecule has 0 unspecified atom stereocenters. The van der Waals surface area contributed by atoms with Gasteiger partial charge in [0.25, 0.3) is 0 Å². The molecular formula is C10H14O. The van der Waals surface area contributed by atoms with E-state index in [0.29, 0.717) is 0 Å². The molecule has 1 rings (SSSR count). The molecule has 1 heteroatoms. The van der Waals surface area contributed by atoms with Gasteiger partial charge in [0.05, 0.1) is 12.9 Å². The Morgan fingerprint density at radius 3 is 1.55 bits per heavy atom. The topological polar surface area (TPSA) is 9.23 Å². The van der Waals surface area contributed by atoms with E-state index in [1.807, 2.05) is 43.3 Å². The second kappa shape index (κ2) is 8.76. The molecule has 0 saturated heterocycles. The maximum atomic E-state index is 4.60. The van der Waals surface area contributed by atoms with Crippen molar-refractivity contribution in [2.24, 2.45) is 0 Å². The van der Waals surface area contributed by atoms with Gasteiger partial charge in [-0.15, -0.1) is 0 Å². The van der Waals surface area contributed by atoms with Crippen LogP contribution in [0, 0.1) is 0 Å². The predicted octanol–water partition coefficient (Wildman–Crippen LogP) is 2.85. The van der Waals surface area contributed by atoms with Gasteiger partial charge in [-0.2, -0.15) is 0 Å². The van der Waals surface area contributed by atoms with E-state index in [1.54, 1.807) is 0 Å². The summed E-state index contributed by atoms with van der Waals surface area (Å²) in [5, 5.41) is 0. The standard InChI is InChI=1S/C6H6.C4H8O/c1-2-4-6-5-3-1;1-3-5-4-2/h1-6H;3H,1,4H2,2H3. The molecule has 1 aromatic rings. The van der Waals surface area contributed by atoms with Gasteiger partial charge in [0, 0.05) is 0 Å². The van der Waals surface area contributed by atoms with Crippen molar-refractivity contribution in [1.29, 1.82) is 0 Å². The lowest BCUT2D eigenvalue weighted by Gasteiger charge is -1.84. The maximum Gasteiger partial charge on any atom is 0.0844 e. The number of rotatable bonds is 2. The summed E-state index contributed by atoms with van der Waals surface area (Å²) in [5.41, 5.74) is 0. The third kappa shape index (κ3) is 8.76. The Morgan fingerprint density at radius 2 is 1.45 bits per heavy atom. The van der Waals surface area contributed by atoms with Crippen LogP contribution in [0.4, 0.5) is 0 Å². The van der Waals surface area contributed by atoms with E-state index in [-0.39, 0.29) is 0 Å². The zero-order chi connectivity index (χ0) is 8.36. The summed E-state index contributed by atoms with van der Waals surface area (Å²) in [7, 11) is 0. The molecule has 0 heterocycles. The highest BCUT2D eigenvalue weighted by atomic mass is 16.5. The van der Waals surface area contributed by atoms with Crippen LogP contribution in [0.2, 0.25) is 0 Å². The monoisotopic (exact) mass is 150 g/mol. The van der Waals surface area contributed by atoms with Gasteiger partial charge in [0.1, 0.15) is 0 Å². The molecule has 0 aliphatic rings. The van der Waals surface area contributed by atoms with E-state index in [2.05, 4.69) is 11.3 Å². The molecule has 0 saturated carbocycles. The smallest absolute Gasteiger partial charge is 0.0844 e. The minimum Gasteiger partial charge on any atom is -0.502 e. The van der Waals surface area contributed by atoms with Gasteiger partial charge in [0.2, 0.25) is 0 Å². The van der Waals surface area contributed by atoms with Crippen molar-refractivity contribution in [2.45, 2.75) is 6.92 Å². The van der Waals surface area contributed by atoms with Gasteiger partial charge in [-0.25, -0.2) is 0 Å². The molecule has 0 radical (unpaired) electrons. The summed E-state index contributed by atoms with van der Waals surface area (Å²) < 4.78 is 4.60. The number of hydrogen-bond acceptors (Lipinski definition) is 1. The molecule has 0 aliphatic heterocycles. The second-order valence-electron chi connectivity index (χ2n) is 1.78. The van der Waals surface area contributed by atoms with Gasteiger partial charge in [-0.1, -0.05) is 43.0 Å². The summed E-state index contributed by atoms with van der Waals surface area (Å²) in [5.74, 6) is 0. The third-order valence-corrected chi connectivity index (χ3v) is 0.951. The molecule has 0 aromatic heterocycles. The van der Waals surface area contributed by atoms with Crippen LogP contribution >= 0.6 is 0 Å². The Bertz CT molecular complexity index is 131. The van der Waals surface area contributed by atoms with Gasteiger partial charge in [0.15, 0.2) is 0 Å². The summed E-state index contributed by atoms with van der Waals surface area (Å²) in [6, 6.07) is 12.0. The fraction of sp³-hybridized carbons (Fsp3) is 0.200. The number of benzene rings is 1. The van der Waals surface area contributed by atoms with Crippen molar-refractivity contribution in [3.63, 3.8) is 0 Å². The zero-order valence-corrected chi connectivity index (χ0v) is 6.86. The van der Waals surface area contributed by atoms with Crippen molar-refractivity contribution in [3.05, 3.63) is 49.2 Å². The molecule has 0 fully saturated rings. The summed E-state index contributed by atoms with van der Waals surface area (Å²) in [6.07, 6.45) is 1.43. The van der Waals surface area contributed by atoms with Gasteiger partial charge in [-0.05, 0) is 6.92 Å². The number of ether oxygens (including phenoxy) is 1. The average molecular weight is 150 g/mol. The van der Waals surface area contributed by atoms with E-state index in [4.69, 9.17) is 0 Å². The molecule has 0 bridgehead atoms. The molecule has 1 nitrogen and oxygen atoms in total. The van der Waals surface area contributed by atoms with Crippen molar-refractivity contribution >= 4 is 0 Å². The fourth-order valence-electron chi connectivity index (χ4n) is 0.503. The predicted molar refractivity (Wildman–Crippen MR) is 48.3 cm³/mol. The van der Waals surface area contributed by atoms with Crippen LogP contribution in [0.15, 0.2) is 49.2 Å². The lowest BCUT2D eigenvalue weighted by molar-refractivity contribution is 0.270. The van der Waals surface area contributed by atoms with E-state index in [1.165, 1.54) is 6.26 Å². The largest absolute Gasteiger partial charge is 0.502 e. The Kier molecular flexibility index (Phi) is 7.77. The first-order chi connectivity index (χ1) is 5.41. The van der Waals surface area contributed by atoms with Crippen molar-refractivity contribution in [1.82, 2.24) is 0 Å². The Hall–Kier alpha value is -1.24. The first-order valence-corrected chi connectivity index (χ1v) is 3.64. The lowest BCUT2D eigenvalue weighted by atomic mass is 10.4. The summed E-state index contributed by atoms with van der Waals surface area (Å²) in [6.45, 7) is 5.97. The molecule has 11 heavy (non-hydrogen) atoms. The molecule has 0 atom stereocenters. The van der Waals surface area contributed by atoms with Crippen molar-refractivity contribution in [3.8, 4) is 0 Å². The highest BCUT2D eigenvalue weighted by molar-refractivity contribution is 4.99. The Morgan fingerprint density at radius 1 is 1.09 bits per heavy atom. The van der Waals surface area contributed by atoms with Gasteiger partial charge in [-0.3, -0.25) is 0 Å². The minimum atomic E-state index is 0.726. The maximum absolute atomic E-state index is 4.60. The van der Waals surface area contributed by atoms with E-state index in [9.17, 15) is 0 Å². The summed E-state index contributed by atoms with van der Waals surface area (Å²) in [4.78, 5) is 0. The van der Waals surface area contributed by atoms with Crippen LogP contribution in [0.5, 0.6) is 0 Å². The van der Waals surface area contributed by atoms with Crippen LogP contribution in [0.25, 0.3) is 0 Å². The zero-order valence-electron chi connectivity index (χ0n) is 6.86. The highest BCUT2D eigenvalue weighted by Gasteiger charge is 1.57. The normalized spacial score (nSPS) is 7.36. The Labute approximate surface area is 68.3 Å². The van der Waals surface area contributed by atoms with Crippen LogP contribution in [0.1, 0.15) is 6.92 Å².